The molecule has 0 spiro atoms. The van der Waals surface area contributed by atoms with Crippen LogP contribution < -0.4 is 15.2 Å². The van der Waals surface area contributed by atoms with Crippen molar-refractivity contribution in [1.82, 2.24) is 24.0 Å². The number of hydrogen-bond acceptors (Lipinski definition) is 7. The zero-order chi connectivity index (χ0) is 28.8. The Balaban J connectivity index is 1.52. The Morgan fingerprint density at radius 1 is 1.12 bits per heavy atom. The number of carbonyl (C=O) groups is 1. The van der Waals surface area contributed by atoms with Crippen LogP contribution in [-0.4, -0.2) is 85.6 Å². The summed E-state index contributed by atoms with van der Waals surface area (Å²) in [6.45, 7) is 1.53. The number of aromatic nitrogens is 4. The van der Waals surface area contributed by atoms with Crippen molar-refractivity contribution in [3.05, 3.63) is 35.9 Å². The van der Waals surface area contributed by atoms with Gasteiger partial charge in [0.2, 0.25) is 5.88 Å². The van der Waals surface area contributed by atoms with Crippen molar-refractivity contribution in [2.24, 2.45) is 11.7 Å². The van der Waals surface area contributed by atoms with Crippen LogP contribution in [0.4, 0.5) is 4.39 Å². The second-order valence-electron chi connectivity index (χ2n) is 11.1. The first-order valence-electron chi connectivity index (χ1n) is 13.9. The van der Waals surface area contributed by atoms with Gasteiger partial charge in [-0.3, -0.25) is 9.00 Å². The summed E-state index contributed by atoms with van der Waals surface area (Å²) in [6.07, 6.45) is 3.08. The standard InChI is InChI=1S/C29H35FN6O4S/c1-39-24-12-19(29(37)34-15-20(30)13-21(31)16-34)10-22-26(24)35(8-9-41(3)38)28(32-22)23-11-18-6-7-25(40-2)33-27(18)36(23)14-17-4-5-17/h6-7,10-12,17,20-21H,4-5,8-9,13-16,31H2,1-3H3/t20-,21-,41?/m1/s1. The van der Waals surface area contributed by atoms with Crippen LogP contribution >= 0.6 is 0 Å². The van der Waals surface area contributed by atoms with E-state index in [9.17, 15) is 13.4 Å². The molecule has 3 aromatic heterocycles. The van der Waals surface area contributed by atoms with E-state index in [1.165, 1.54) is 4.90 Å². The zero-order valence-corrected chi connectivity index (χ0v) is 24.3. The molecule has 218 valence electrons. The van der Waals surface area contributed by atoms with Crippen LogP contribution in [0.15, 0.2) is 30.3 Å². The maximum Gasteiger partial charge on any atom is 0.254 e. The highest BCUT2D eigenvalue weighted by Crippen LogP contribution is 2.38. The first-order valence-corrected chi connectivity index (χ1v) is 15.6. The molecule has 2 aliphatic rings. The van der Waals surface area contributed by atoms with Gasteiger partial charge in [-0.2, -0.15) is 4.98 Å². The number of aryl methyl sites for hydroxylation is 1. The number of pyridine rings is 1. The first-order chi connectivity index (χ1) is 19.7. The van der Waals surface area contributed by atoms with Gasteiger partial charge in [-0.25, -0.2) is 9.37 Å². The number of nitrogens with zero attached hydrogens (tertiary/aromatic N) is 5. The number of piperidine rings is 1. The summed E-state index contributed by atoms with van der Waals surface area (Å²) in [6, 6.07) is 8.89. The molecule has 4 heterocycles. The monoisotopic (exact) mass is 582 g/mol. The Morgan fingerprint density at radius 3 is 2.61 bits per heavy atom. The zero-order valence-electron chi connectivity index (χ0n) is 23.5. The fourth-order valence-electron chi connectivity index (χ4n) is 5.72. The average molecular weight is 583 g/mol. The number of halogens is 1. The second kappa shape index (κ2) is 11.1. The fourth-order valence-corrected chi connectivity index (χ4v) is 6.16. The third kappa shape index (κ3) is 5.42. The Kier molecular flexibility index (Phi) is 7.45. The predicted molar refractivity (Wildman–Crippen MR) is 157 cm³/mol. The maximum absolute atomic E-state index is 14.3. The average Bonchev–Trinajstić information content (AvgIpc) is 3.60. The molecule has 2 N–H and O–H groups in total. The van der Waals surface area contributed by atoms with Crippen molar-refractivity contribution < 1.29 is 22.9 Å². The van der Waals surface area contributed by atoms with E-state index in [4.69, 9.17) is 25.2 Å². The number of fused-ring (bicyclic) bond motifs is 2. The number of imidazole rings is 1. The number of nitrogens with two attached hydrogens (primary N) is 1. The maximum atomic E-state index is 14.3. The van der Waals surface area contributed by atoms with E-state index >= 15 is 0 Å². The smallest absolute Gasteiger partial charge is 0.254 e. The number of carbonyl (C=O) groups excluding carboxylic acids is 1. The van der Waals surface area contributed by atoms with Crippen molar-refractivity contribution in [1.29, 1.82) is 0 Å². The number of benzene rings is 1. The van der Waals surface area contributed by atoms with Crippen LogP contribution in [0, 0.1) is 5.92 Å². The van der Waals surface area contributed by atoms with Gasteiger partial charge in [0.05, 0.1) is 32.0 Å². The van der Waals surface area contributed by atoms with E-state index in [-0.39, 0.29) is 18.9 Å². The Bertz CT molecular complexity index is 1640. The number of alkyl halides is 1. The van der Waals surface area contributed by atoms with Crippen LogP contribution in [0.3, 0.4) is 0 Å². The van der Waals surface area contributed by atoms with Gasteiger partial charge in [0.15, 0.2) is 5.82 Å². The number of hydrogen-bond donors (Lipinski definition) is 1. The molecule has 12 heteroatoms. The molecule has 1 amide bonds. The summed E-state index contributed by atoms with van der Waals surface area (Å²) >= 11 is 0. The lowest BCUT2D eigenvalue weighted by Gasteiger charge is -2.33. The van der Waals surface area contributed by atoms with E-state index in [1.807, 2.05) is 16.7 Å². The van der Waals surface area contributed by atoms with Crippen LogP contribution in [0.1, 0.15) is 29.6 Å². The van der Waals surface area contributed by atoms with E-state index in [1.54, 1.807) is 32.6 Å². The summed E-state index contributed by atoms with van der Waals surface area (Å²) < 4.78 is 41.9. The van der Waals surface area contributed by atoms with Crippen molar-refractivity contribution in [2.75, 3.05) is 39.3 Å². The van der Waals surface area contributed by atoms with Gasteiger partial charge >= 0.3 is 0 Å². The van der Waals surface area contributed by atoms with Gasteiger partial charge in [0.1, 0.15) is 23.1 Å². The van der Waals surface area contributed by atoms with Gasteiger partial charge in [-0.15, -0.1) is 0 Å². The van der Waals surface area contributed by atoms with Gasteiger partial charge in [0, 0.05) is 65.5 Å². The number of likely N-dealkylation sites (tertiary alicyclic amines) is 1. The molecule has 1 aliphatic heterocycles. The van der Waals surface area contributed by atoms with E-state index < -0.39 is 23.0 Å². The number of ether oxygens (including phenoxy) is 2. The molecule has 0 bridgehead atoms. The van der Waals surface area contributed by atoms with E-state index in [2.05, 4.69) is 10.6 Å². The van der Waals surface area contributed by atoms with E-state index in [0.717, 1.165) is 36.1 Å². The van der Waals surface area contributed by atoms with Crippen molar-refractivity contribution in [3.63, 3.8) is 0 Å². The molecule has 0 radical (unpaired) electrons. The number of methoxy groups -OCH3 is 2. The summed E-state index contributed by atoms with van der Waals surface area (Å²) in [7, 11) is 2.10. The molecule has 41 heavy (non-hydrogen) atoms. The lowest BCUT2D eigenvalue weighted by molar-refractivity contribution is 0.0606. The Labute approximate surface area is 240 Å². The molecule has 6 rings (SSSR count). The topological polar surface area (TPSA) is 118 Å². The Hall–Kier alpha value is -3.51. The van der Waals surface area contributed by atoms with Crippen molar-refractivity contribution >= 4 is 38.8 Å². The van der Waals surface area contributed by atoms with Crippen LogP contribution in [0.5, 0.6) is 11.6 Å². The lowest BCUT2D eigenvalue weighted by atomic mass is 10.0. The molecule has 10 nitrogen and oxygen atoms in total. The largest absolute Gasteiger partial charge is 0.494 e. The van der Waals surface area contributed by atoms with Crippen LogP contribution in [-0.2, 0) is 23.9 Å². The van der Waals surface area contributed by atoms with E-state index in [0.29, 0.717) is 58.8 Å². The molecule has 1 aromatic carbocycles. The predicted octanol–water partition coefficient (Wildman–Crippen LogP) is 3.37. The third-order valence-electron chi connectivity index (χ3n) is 7.89. The van der Waals surface area contributed by atoms with Gasteiger partial charge in [-0.1, -0.05) is 0 Å². The minimum atomic E-state index is -1.16. The fraction of sp³-hybridized carbons (Fsp3) is 0.483. The molecule has 1 unspecified atom stereocenters. The van der Waals surface area contributed by atoms with Crippen molar-refractivity contribution in [2.45, 2.75) is 44.6 Å². The quantitative estimate of drug-likeness (QED) is 0.322. The summed E-state index contributed by atoms with van der Waals surface area (Å²) in [5, 5.41) is 0.962. The van der Waals surface area contributed by atoms with Gasteiger partial charge in [0.25, 0.3) is 5.91 Å². The normalized spacial score (nSPS) is 20.1. The molecule has 1 saturated heterocycles. The number of rotatable bonds is 9. The SMILES string of the molecule is COc1ccc2cc(-c3nc4cc(C(=O)N5C[C@H](N)C[C@@H](F)C5)cc(OC)c4n3CCS(C)=O)n(CC3CC3)c2n1. The molecule has 2 fully saturated rings. The molecule has 1 saturated carbocycles. The molecular formula is C29H35FN6O4S. The van der Waals surface area contributed by atoms with Crippen molar-refractivity contribution in [3.8, 4) is 23.1 Å². The van der Waals surface area contributed by atoms with Gasteiger partial charge < -0.3 is 29.2 Å². The summed E-state index contributed by atoms with van der Waals surface area (Å²) in [5.41, 5.74) is 9.33. The first kappa shape index (κ1) is 27.6. The minimum Gasteiger partial charge on any atom is -0.494 e. The summed E-state index contributed by atoms with van der Waals surface area (Å²) in [5.74, 6) is 2.34. The molecule has 4 aromatic rings. The summed E-state index contributed by atoms with van der Waals surface area (Å²) in [4.78, 5) is 24.8. The molecular weight excluding hydrogens is 547 g/mol. The number of amides is 1. The lowest BCUT2D eigenvalue weighted by Crippen LogP contribution is -2.50. The highest BCUT2D eigenvalue weighted by molar-refractivity contribution is 7.84. The minimum absolute atomic E-state index is 0.00657. The molecule has 1 aliphatic carbocycles. The third-order valence-corrected chi connectivity index (χ3v) is 8.65. The van der Waals surface area contributed by atoms with Crippen LogP contribution in [0.2, 0.25) is 0 Å². The van der Waals surface area contributed by atoms with Gasteiger partial charge in [-0.05, 0) is 49.4 Å². The van der Waals surface area contributed by atoms with Crippen LogP contribution in [0.25, 0.3) is 33.6 Å². The highest BCUT2D eigenvalue weighted by Gasteiger charge is 2.31. The highest BCUT2D eigenvalue weighted by atomic mass is 32.2. The second-order valence-corrected chi connectivity index (χ2v) is 12.6. The molecule has 3 atom stereocenters. The Morgan fingerprint density at radius 2 is 1.93 bits per heavy atom.